The number of hydrogen-bond donors (Lipinski definition) is 3. The predicted molar refractivity (Wildman–Crippen MR) is 98.2 cm³/mol. The van der Waals surface area contributed by atoms with Crippen molar-refractivity contribution in [1.82, 2.24) is 9.88 Å². The van der Waals surface area contributed by atoms with E-state index in [0.29, 0.717) is 5.69 Å². The van der Waals surface area contributed by atoms with Crippen molar-refractivity contribution in [2.45, 2.75) is 13.3 Å². The van der Waals surface area contributed by atoms with E-state index in [0.717, 1.165) is 12.1 Å². The van der Waals surface area contributed by atoms with E-state index in [1.54, 1.807) is 6.92 Å². The Hall–Kier alpha value is -3.26. The fourth-order valence-corrected chi connectivity index (χ4v) is 3.17. The molecule has 0 aliphatic carbocycles. The van der Waals surface area contributed by atoms with Crippen molar-refractivity contribution in [2.24, 2.45) is 0 Å². The van der Waals surface area contributed by atoms with Crippen LogP contribution in [-0.4, -0.2) is 39.7 Å². The predicted octanol–water partition coefficient (Wildman–Crippen LogP) is 2.27. The van der Waals surface area contributed by atoms with Crippen LogP contribution in [0.2, 0.25) is 0 Å². The Morgan fingerprint density at radius 3 is 2.61 bits per heavy atom. The lowest BCUT2D eigenvalue weighted by atomic mass is 10.1. The SMILES string of the molecule is Cc1c(CC(=O)NCCO)c2c(F)c(O)ccc2n1C(=O)c1cccc(F)c1. The monoisotopic (exact) mass is 388 g/mol. The van der Waals surface area contributed by atoms with Crippen LogP contribution < -0.4 is 5.32 Å². The Bertz CT molecular complexity index is 1080. The number of aromatic nitrogens is 1. The van der Waals surface area contributed by atoms with E-state index < -0.39 is 29.2 Å². The summed E-state index contributed by atoms with van der Waals surface area (Å²) in [7, 11) is 0. The van der Waals surface area contributed by atoms with Crippen LogP contribution in [0.4, 0.5) is 8.78 Å². The average molecular weight is 388 g/mol. The smallest absolute Gasteiger partial charge is 0.262 e. The zero-order chi connectivity index (χ0) is 20.4. The van der Waals surface area contributed by atoms with E-state index in [2.05, 4.69) is 5.32 Å². The van der Waals surface area contributed by atoms with E-state index in [-0.39, 0.29) is 41.6 Å². The van der Waals surface area contributed by atoms with Crippen LogP contribution in [0.15, 0.2) is 36.4 Å². The third-order valence-corrected chi connectivity index (χ3v) is 4.46. The molecule has 0 radical (unpaired) electrons. The highest BCUT2D eigenvalue weighted by Crippen LogP contribution is 2.33. The number of hydrogen-bond acceptors (Lipinski definition) is 4. The maximum atomic E-state index is 14.7. The second-order valence-corrected chi connectivity index (χ2v) is 6.26. The lowest BCUT2D eigenvalue weighted by Crippen LogP contribution is -2.28. The third-order valence-electron chi connectivity index (χ3n) is 4.46. The Labute approximate surface area is 159 Å². The summed E-state index contributed by atoms with van der Waals surface area (Å²) in [6.45, 7) is 1.33. The molecule has 0 bridgehead atoms. The molecule has 1 amide bonds. The molecule has 146 valence electrons. The lowest BCUT2D eigenvalue weighted by molar-refractivity contribution is -0.120. The van der Waals surface area contributed by atoms with Crippen molar-refractivity contribution in [1.29, 1.82) is 0 Å². The van der Waals surface area contributed by atoms with Crippen molar-refractivity contribution in [3.05, 3.63) is 64.9 Å². The number of carbonyl (C=O) groups excluding carboxylic acids is 2. The summed E-state index contributed by atoms with van der Waals surface area (Å²) in [4.78, 5) is 25.1. The second kappa shape index (κ2) is 7.77. The average Bonchev–Trinajstić information content (AvgIpc) is 2.94. The molecule has 3 N–H and O–H groups in total. The highest BCUT2D eigenvalue weighted by atomic mass is 19.1. The van der Waals surface area contributed by atoms with Crippen LogP contribution in [0.3, 0.4) is 0 Å². The van der Waals surface area contributed by atoms with Gasteiger partial charge in [0.15, 0.2) is 11.6 Å². The number of benzene rings is 2. The Balaban J connectivity index is 2.18. The van der Waals surface area contributed by atoms with Crippen molar-refractivity contribution < 1.29 is 28.6 Å². The van der Waals surface area contributed by atoms with E-state index in [1.807, 2.05) is 0 Å². The van der Waals surface area contributed by atoms with E-state index in [1.165, 1.54) is 28.8 Å². The zero-order valence-electron chi connectivity index (χ0n) is 15.0. The molecule has 6 nitrogen and oxygen atoms in total. The number of amides is 1. The number of fused-ring (bicyclic) bond motifs is 1. The molecule has 1 aromatic heterocycles. The number of rotatable bonds is 5. The molecule has 0 fully saturated rings. The maximum Gasteiger partial charge on any atom is 0.262 e. The molecule has 0 aliphatic rings. The summed E-state index contributed by atoms with van der Waals surface area (Å²) in [6, 6.07) is 7.57. The van der Waals surface area contributed by atoms with Gasteiger partial charge in [-0.2, -0.15) is 0 Å². The number of phenolic OH excluding ortho intramolecular Hbond substituents is 1. The Morgan fingerprint density at radius 1 is 1.18 bits per heavy atom. The number of aliphatic hydroxyl groups excluding tert-OH is 1. The largest absolute Gasteiger partial charge is 0.505 e. The summed E-state index contributed by atoms with van der Waals surface area (Å²) < 4.78 is 29.4. The van der Waals surface area contributed by atoms with Gasteiger partial charge >= 0.3 is 0 Å². The molecule has 3 aromatic rings. The number of nitrogens with one attached hydrogen (secondary N) is 1. The van der Waals surface area contributed by atoms with Gasteiger partial charge in [0, 0.05) is 23.2 Å². The third kappa shape index (κ3) is 3.46. The number of carbonyl (C=O) groups is 2. The molecule has 0 atom stereocenters. The molecular formula is C20H18F2N2O4. The molecule has 8 heteroatoms. The molecule has 0 spiro atoms. The maximum absolute atomic E-state index is 14.7. The molecule has 3 rings (SSSR count). The fourth-order valence-electron chi connectivity index (χ4n) is 3.17. The van der Waals surface area contributed by atoms with Crippen LogP contribution in [0.1, 0.15) is 21.6 Å². The Morgan fingerprint density at radius 2 is 1.93 bits per heavy atom. The highest BCUT2D eigenvalue weighted by Gasteiger charge is 2.25. The van der Waals surface area contributed by atoms with Gasteiger partial charge in [0.25, 0.3) is 5.91 Å². The highest BCUT2D eigenvalue weighted by molar-refractivity contribution is 6.05. The van der Waals surface area contributed by atoms with Crippen LogP contribution >= 0.6 is 0 Å². The number of aliphatic hydroxyl groups is 1. The zero-order valence-corrected chi connectivity index (χ0v) is 15.0. The number of phenols is 1. The molecule has 1 heterocycles. The normalized spacial score (nSPS) is 11.0. The van der Waals surface area contributed by atoms with E-state index in [9.17, 15) is 23.5 Å². The summed E-state index contributed by atoms with van der Waals surface area (Å²) in [6.07, 6.45) is -0.258. The van der Waals surface area contributed by atoms with Crippen molar-refractivity contribution in [3.63, 3.8) is 0 Å². The van der Waals surface area contributed by atoms with Gasteiger partial charge < -0.3 is 15.5 Å². The van der Waals surface area contributed by atoms with Gasteiger partial charge in [-0.1, -0.05) is 6.07 Å². The van der Waals surface area contributed by atoms with Gasteiger partial charge in [-0.25, -0.2) is 8.78 Å². The first-order chi connectivity index (χ1) is 13.3. The van der Waals surface area contributed by atoms with Crippen molar-refractivity contribution in [2.75, 3.05) is 13.2 Å². The Kier molecular flexibility index (Phi) is 5.41. The number of halogens is 2. The summed E-state index contributed by atoms with van der Waals surface area (Å²) in [5, 5.41) is 21.0. The molecule has 28 heavy (non-hydrogen) atoms. The fraction of sp³-hybridized carbons (Fsp3) is 0.200. The summed E-state index contributed by atoms with van der Waals surface area (Å²) in [5.41, 5.74) is 0.744. The lowest BCUT2D eigenvalue weighted by Gasteiger charge is -2.08. The van der Waals surface area contributed by atoms with Crippen molar-refractivity contribution in [3.8, 4) is 5.75 Å². The van der Waals surface area contributed by atoms with Gasteiger partial charge in [-0.05, 0) is 42.8 Å². The quantitative estimate of drug-likeness (QED) is 0.625. The molecule has 0 aliphatic heterocycles. The van der Waals surface area contributed by atoms with Crippen LogP contribution in [0.5, 0.6) is 5.75 Å². The minimum Gasteiger partial charge on any atom is -0.505 e. The van der Waals surface area contributed by atoms with Gasteiger partial charge in [-0.3, -0.25) is 14.2 Å². The molecule has 2 aromatic carbocycles. The van der Waals surface area contributed by atoms with Crippen LogP contribution in [0, 0.1) is 18.6 Å². The van der Waals surface area contributed by atoms with Crippen molar-refractivity contribution >= 4 is 22.7 Å². The minimum atomic E-state index is -0.948. The van der Waals surface area contributed by atoms with E-state index in [4.69, 9.17) is 5.11 Å². The standard InChI is InChI=1S/C20H18F2N2O4/c1-11-14(10-17(27)23-7-8-25)18-15(5-6-16(26)19(18)22)24(11)20(28)12-3-2-4-13(21)9-12/h2-6,9,25-26H,7-8,10H2,1H3,(H,23,27). The number of nitrogens with zero attached hydrogens (tertiary/aromatic N) is 1. The molecule has 0 unspecified atom stereocenters. The van der Waals surface area contributed by atoms with Gasteiger partial charge in [-0.15, -0.1) is 0 Å². The number of aromatic hydroxyl groups is 1. The minimum absolute atomic E-state index is 0.0342. The van der Waals surface area contributed by atoms with Gasteiger partial charge in [0.1, 0.15) is 5.82 Å². The molecule has 0 saturated carbocycles. The van der Waals surface area contributed by atoms with Crippen LogP contribution in [0.25, 0.3) is 10.9 Å². The summed E-state index contributed by atoms with van der Waals surface area (Å²) >= 11 is 0. The first kappa shape index (κ1) is 19.5. The van der Waals surface area contributed by atoms with Gasteiger partial charge in [0.05, 0.1) is 18.5 Å². The first-order valence-electron chi connectivity index (χ1n) is 8.54. The first-order valence-corrected chi connectivity index (χ1v) is 8.54. The van der Waals surface area contributed by atoms with Crippen LogP contribution in [-0.2, 0) is 11.2 Å². The van der Waals surface area contributed by atoms with Gasteiger partial charge in [0.2, 0.25) is 5.91 Å². The topological polar surface area (TPSA) is 91.6 Å². The summed E-state index contributed by atoms with van der Waals surface area (Å²) in [5.74, 6) is -3.21. The molecular weight excluding hydrogens is 370 g/mol. The molecule has 0 saturated heterocycles. The van der Waals surface area contributed by atoms with E-state index >= 15 is 0 Å². The second-order valence-electron chi connectivity index (χ2n) is 6.26.